The molecular weight excluding hydrogens is 387 g/mol. The number of rotatable bonds is 7. The third-order valence-electron chi connectivity index (χ3n) is 3.58. The van der Waals surface area contributed by atoms with E-state index < -0.39 is 23.8 Å². The van der Waals surface area contributed by atoms with Crippen molar-refractivity contribution in [2.45, 2.75) is 20.0 Å². The minimum atomic E-state index is -1.26. The van der Waals surface area contributed by atoms with Crippen LogP contribution in [0, 0.1) is 5.82 Å². The first-order valence-electron chi connectivity index (χ1n) is 9.01. The predicted molar refractivity (Wildman–Crippen MR) is 101 cm³/mol. The number of hydrogen-bond acceptors (Lipinski definition) is 6. The molecule has 2 rings (SSSR count). The molecule has 9 nitrogen and oxygen atoms in total. The largest absolute Gasteiger partial charge is 0.494 e. The Kier molecular flexibility index (Phi) is 10.8. The van der Waals surface area contributed by atoms with Crippen molar-refractivity contribution in [3.8, 4) is 5.75 Å². The van der Waals surface area contributed by atoms with E-state index in [1.165, 1.54) is 6.07 Å². The lowest BCUT2D eigenvalue weighted by atomic mass is 10.2. The van der Waals surface area contributed by atoms with Crippen LogP contribution in [0.1, 0.15) is 18.9 Å². The number of carboxylic acids is 2. The lowest BCUT2D eigenvalue weighted by molar-refractivity contribution is -0.134. The van der Waals surface area contributed by atoms with Crippen molar-refractivity contribution in [1.29, 1.82) is 0 Å². The van der Waals surface area contributed by atoms with Crippen LogP contribution in [0.25, 0.3) is 0 Å². The van der Waals surface area contributed by atoms with Gasteiger partial charge in [-0.25, -0.2) is 18.8 Å². The van der Waals surface area contributed by atoms with Gasteiger partial charge in [0.2, 0.25) is 0 Å². The number of hydrogen-bond donors (Lipinski definition) is 3. The van der Waals surface area contributed by atoms with E-state index in [1.807, 2.05) is 6.92 Å². The highest BCUT2D eigenvalue weighted by Gasteiger charge is 2.18. The second kappa shape index (κ2) is 13.1. The van der Waals surface area contributed by atoms with E-state index >= 15 is 0 Å². The van der Waals surface area contributed by atoms with E-state index in [0.29, 0.717) is 43.2 Å². The molecule has 29 heavy (non-hydrogen) atoms. The Morgan fingerprint density at radius 1 is 1.17 bits per heavy atom. The zero-order chi connectivity index (χ0) is 21.6. The lowest BCUT2D eigenvalue weighted by Crippen LogP contribution is -2.46. The van der Waals surface area contributed by atoms with Crippen LogP contribution in [0.3, 0.4) is 0 Å². The molecule has 1 aliphatic heterocycles. The number of carboxylic acid groups (broad SMARTS) is 2. The van der Waals surface area contributed by atoms with Gasteiger partial charge in [-0.05, 0) is 24.6 Å². The molecule has 0 bridgehead atoms. The second-order valence-corrected chi connectivity index (χ2v) is 5.90. The van der Waals surface area contributed by atoms with Crippen LogP contribution >= 0.6 is 0 Å². The van der Waals surface area contributed by atoms with Crippen molar-refractivity contribution in [1.82, 2.24) is 10.2 Å². The number of amides is 1. The lowest BCUT2D eigenvalue weighted by Gasteiger charge is -2.26. The molecule has 1 heterocycles. The van der Waals surface area contributed by atoms with Crippen LogP contribution in [-0.2, 0) is 20.9 Å². The van der Waals surface area contributed by atoms with Gasteiger partial charge in [0.25, 0.3) is 0 Å². The molecule has 0 aliphatic carbocycles. The molecular formula is C19H25FN2O7. The number of carbonyl (C=O) groups excluding carboxylic acids is 1. The van der Waals surface area contributed by atoms with Crippen LogP contribution < -0.4 is 10.1 Å². The molecule has 1 amide bonds. The Bertz CT molecular complexity index is 703. The number of benzene rings is 1. The molecule has 3 N–H and O–H groups in total. The van der Waals surface area contributed by atoms with Crippen LogP contribution in [0.5, 0.6) is 5.75 Å². The van der Waals surface area contributed by atoms with Crippen molar-refractivity contribution in [3.05, 3.63) is 41.7 Å². The SMILES string of the molecule is CCCOc1ccc(F)c(COC(=O)N2CCNCC2)c1.O=C(O)/C=C/C(=O)O. The van der Waals surface area contributed by atoms with E-state index in [2.05, 4.69) is 5.32 Å². The number of piperazine rings is 1. The quantitative estimate of drug-likeness (QED) is 0.580. The number of carbonyl (C=O) groups is 3. The fourth-order valence-corrected chi connectivity index (χ4v) is 2.19. The molecule has 1 fully saturated rings. The van der Waals surface area contributed by atoms with E-state index in [1.54, 1.807) is 17.0 Å². The monoisotopic (exact) mass is 412 g/mol. The van der Waals surface area contributed by atoms with Gasteiger partial charge in [-0.1, -0.05) is 6.92 Å². The Morgan fingerprint density at radius 2 is 1.79 bits per heavy atom. The zero-order valence-electron chi connectivity index (χ0n) is 16.1. The minimum absolute atomic E-state index is 0.0854. The Balaban J connectivity index is 0.000000447. The van der Waals surface area contributed by atoms with Gasteiger partial charge >= 0.3 is 18.0 Å². The smallest absolute Gasteiger partial charge is 0.410 e. The fraction of sp³-hybridized carbons (Fsp3) is 0.421. The number of aliphatic carboxylic acids is 2. The average molecular weight is 412 g/mol. The van der Waals surface area contributed by atoms with Gasteiger partial charge in [0.15, 0.2) is 0 Å². The van der Waals surface area contributed by atoms with Crippen molar-refractivity contribution in [2.24, 2.45) is 0 Å². The maximum atomic E-state index is 13.7. The number of nitrogens with zero attached hydrogens (tertiary/aromatic N) is 1. The summed E-state index contributed by atoms with van der Waals surface area (Å²) in [6.07, 6.45) is 1.59. The highest BCUT2D eigenvalue weighted by atomic mass is 19.1. The van der Waals surface area contributed by atoms with Crippen LogP contribution in [0.4, 0.5) is 9.18 Å². The van der Waals surface area contributed by atoms with Gasteiger partial charge in [0, 0.05) is 43.9 Å². The molecule has 10 heteroatoms. The van der Waals surface area contributed by atoms with Gasteiger partial charge < -0.3 is 29.9 Å². The summed E-state index contributed by atoms with van der Waals surface area (Å²) >= 11 is 0. The summed E-state index contributed by atoms with van der Waals surface area (Å²) in [6.45, 7) is 5.22. The zero-order valence-corrected chi connectivity index (χ0v) is 16.1. The summed E-state index contributed by atoms with van der Waals surface area (Å²) in [5, 5.41) is 18.8. The third-order valence-corrected chi connectivity index (χ3v) is 3.58. The fourth-order valence-electron chi connectivity index (χ4n) is 2.19. The molecule has 0 saturated carbocycles. The molecule has 0 unspecified atom stereocenters. The normalized spacial score (nSPS) is 13.4. The maximum absolute atomic E-state index is 13.7. The van der Waals surface area contributed by atoms with Crippen molar-refractivity contribution in [3.63, 3.8) is 0 Å². The first kappa shape index (κ1) is 23.9. The Morgan fingerprint density at radius 3 is 2.34 bits per heavy atom. The van der Waals surface area contributed by atoms with Gasteiger partial charge in [-0.2, -0.15) is 0 Å². The molecule has 0 aromatic heterocycles. The van der Waals surface area contributed by atoms with Crippen molar-refractivity contribution < 1.29 is 38.5 Å². The molecule has 0 radical (unpaired) electrons. The van der Waals surface area contributed by atoms with E-state index in [0.717, 1.165) is 19.5 Å². The standard InChI is InChI=1S/C15H21FN2O3.C4H4O4/c1-2-9-20-13-3-4-14(16)12(10-13)11-21-15(19)18-7-5-17-6-8-18;5-3(6)1-2-4(7)8/h3-4,10,17H,2,5-9,11H2,1H3;1-2H,(H,5,6)(H,7,8)/b;2-1+. The van der Waals surface area contributed by atoms with Crippen LogP contribution in [0.2, 0.25) is 0 Å². The first-order valence-corrected chi connectivity index (χ1v) is 9.01. The summed E-state index contributed by atoms with van der Waals surface area (Å²) in [4.78, 5) is 32.6. The molecule has 1 aromatic carbocycles. The van der Waals surface area contributed by atoms with Gasteiger partial charge in [0.1, 0.15) is 18.2 Å². The molecule has 0 atom stereocenters. The Labute approximate surface area is 167 Å². The highest BCUT2D eigenvalue weighted by molar-refractivity contribution is 5.89. The molecule has 0 spiro atoms. The summed E-state index contributed by atoms with van der Waals surface area (Å²) in [5.74, 6) is -2.32. The van der Waals surface area contributed by atoms with Gasteiger partial charge in [0.05, 0.1) is 6.61 Å². The highest BCUT2D eigenvalue weighted by Crippen LogP contribution is 2.18. The van der Waals surface area contributed by atoms with Crippen molar-refractivity contribution in [2.75, 3.05) is 32.8 Å². The van der Waals surface area contributed by atoms with Crippen LogP contribution in [0.15, 0.2) is 30.4 Å². The Hall–Kier alpha value is -3.14. The van der Waals surface area contributed by atoms with Gasteiger partial charge in [-0.15, -0.1) is 0 Å². The van der Waals surface area contributed by atoms with E-state index in [9.17, 15) is 18.8 Å². The van der Waals surface area contributed by atoms with E-state index in [-0.39, 0.29) is 6.61 Å². The third kappa shape index (κ3) is 10.1. The molecule has 1 aliphatic rings. The second-order valence-electron chi connectivity index (χ2n) is 5.90. The van der Waals surface area contributed by atoms with Gasteiger partial charge in [-0.3, -0.25) is 0 Å². The molecule has 1 saturated heterocycles. The van der Waals surface area contributed by atoms with Crippen molar-refractivity contribution >= 4 is 18.0 Å². The average Bonchev–Trinajstić information content (AvgIpc) is 2.71. The maximum Gasteiger partial charge on any atom is 0.410 e. The van der Waals surface area contributed by atoms with Crippen LogP contribution in [-0.4, -0.2) is 65.9 Å². The summed E-state index contributed by atoms with van der Waals surface area (Å²) in [5.41, 5.74) is 0.326. The van der Waals surface area contributed by atoms with E-state index in [4.69, 9.17) is 19.7 Å². The number of ether oxygens (including phenoxy) is 2. The topological polar surface area (TPSA) is 125 Å². The minimum Gasteiger partial charge on any atom is -0.494 e. The summed E-state index contributed by atoms with van der Waals surface area (Å²) in [6, 6.07) is 4.49. The number of halogens is 1. The predicted octanol–water partition coefficient (Wildman–Crippen LogP) is 1.87. The number of nitrogens with one attached hydrogen (secondary N) is 1. The summed E-state index contributed by atoms with van der Waals surface area (Å²) < 4.78 is 24.3. The molecule has 1 aromatic rings. The molecule has 160 valence electrons. The summed E-state index contributed by atoms with van der Waals surface area (Å²) in [7, 11) is 0. The first-order chi connectivity index (χ1) is 13.8.